The van der Waals surface area contributed by atoms with Crippen LogP contribution in [0.1, 0.15) is 33.4 Å². The van der Waals surface area contributed by atoms with E-state index < -0.39 is 5.97 Å². The van der Waals surface area contributed by atoms with E-state index in [4.69, 9.17) is 5.11 Å². The summed E-state index contributed by atoms with van der Waals surface area (Å²) in [5.74, 6) is -0.951. The van der Waals surface area contributed by atoms with Gasteiger partial charge in [0.15, 0.2) is 0 Å². The van der Waals surface area contributed by atoms with Crippen LogP contribution in [0.5, 0.6) is 0 Å². The van der Waals surface area contributed by atoms with Gasteiger partial charge in [-0.05, 0) is 36.4 Å². The largest absolute Gasteiger partial charge is 0.477 e. The van der Waals surface area contributed by atoms with E-state index in [0.717, 1.165) is 26.9 Å². The minimum Gasteiger partial charge on any atom is -0.477 e. The molecule has 0 aliphatic carbocycles. The quantitative estimate of drug-likeness (QED) is 0.770. The smallest absolute Gasteiger partial charge is 0.347 e. The number of aromatic carboxylic acids is 1. The van der Waals surface area contributed by atoms with Crippen LogP contribution in [0, 0.1) is 18.3 Å². The Bertz CT molecular complexity index is 932. The third-order valence-corrected chi connectivity index (χ3v) is 5.91. The number of aromatic nitrogens is 1. The van der Waals surface area contributed by atoms with Gasteiger partial charge in [-0.3, -0.25) is 0 Å². The number of fused-ring (bicyclic) bond motifs is 1. The second-order valence-corrected chi connectivity index (χ2v) is 6.93. The number of carboxylic acid groups (broad SMARTS) is 1. The van der Waals surface area contributed by atoms with Gasteiger partial charge in [0.2, 0.25) is 0 Å². The van der Waals surface area contributed by atoms with E-state index in [0.29, 0.717) is 16.3 Å². The summed E-state index contributed by atoms with van der Waals surface area (Å²) in [6, 6.07) is 8.23. The van der Waals surface area contributed by atoms with Gasteiger partial charge in [-0.15, -0.1) is 22.7 Å². The van der Waals surface area contributed by atoms with Crippen molar-refractivity contribution in [1.29, 1.82) is 5.26 Å². The van der Waals surface area contributed by atoms with E-state index in [2.05, 4.69) is 24.0 Å². The summed E-state index contributed by atoms with van der Waals surface area (Å²) in [5, 5.41) is 20.2. The van der Waals surface area contributed by atoms with Crippen molar-refractivity contribution in [2.45, 2.75) is 20.3 Å². The molecule has 0 atom stereocenters. The van der Waals surface area contributed by atoms with Crippen LogP contribution in [0.25, 0.3) is 20.0 Å². The maximum atomic E-state index is 11.2. The Morgan fingerprint density at radius 1 is 1.36 bits per heavy atom. The molecular weight excluding hydrogens is 316 g/mol. The molecule has 110 valence electrons. The minimum atomic E-state index is -0.951. The van der Waals surface area contributed by atoms with Crippen LogP contribution >= 0.6 is 22.7 Å². The molecule has 0 amide bonds. The summed E-state index contributed by atoms with van der Waals surface area (Å²) in [7, 11) is 0. The lowest BCUT2D eigenvalue weighted by atomic mass is 10.1. The fourth-order valence-corrected chi connectivity index (χ4v) is 4.36. The number of rotatable bonds is 3. The second-order valence-electron chi connectivity index (χ2n) is 4.88. The summed E-state index contributed by atoms with van der Waals surface area (Å²) in [4.78, 5) is 16.7. The molecule has 3 aromatic rings. The molecule has 0 aliphatic rings. The van der Waals surface area contributed by atoms with Crippen LogP contribution < -0.4 is 0 Å². The van der Waals surface area contributed by atoms with Gasteiger partial charge in [-0.1, -0.05) is 13.0 Å². The normalized spacial score (nSPS) is 10.8. The van der Waals surface area contributed by atoms with Gasteiger partial charge in [0.1, 0.15) is 16.0 Å². The molecule has 0 radical (unpaired) electrons. The monoisotopic (exact) mass is 328 g/mol. The predicted octanol–water partition coefficient (Wildman–Crippen LogP) is 4.47. The number of thiophene rings is 1. The van der Waals surface area contributed by atoms with Crippen molar-refractivity contribution in [3.63, 3.8) is 0 Å². The predicted molar refractivity (Wildman–Crippen MR) is 88.7 cm³/mol. The average molecular weight is 328 g/mol. The molecule has 6 heteroatoms. The Balaban J connectivity index is 2.19. The molecule has 0 bridgehead atoms. The highest BCUT2D eigenvalue weighted by Crippen LogP contribution is 2.38. The number of hydrogen-bond acceptors (Lipinski definition) is 5. The van der Waals surface area contributed by atoms with Crippen molar-refractivity contribution in [3.8, 4) is 16.0 Å². The molecule has 0 saturated heterocycles. The molecule has 1 N–H and O–H groups in total. The van der Waals surface area contributed by atoms with Gasteiger partial charge in [-0.2, -0.15) is 5.26 Å². The number of aryl methyl sites for hydroxylation is 2. The van der Waals surface area contributed by atoms with E-state index in [1.165, 1.54) is 22.7 Å². The number of hydrogen-bond donors (Lipinski definition) is 1. The molecule has 0 fully saturated rings. The summed E-state index contributed by atoms with van der Waals surface area (Å²) in [5.41, 5.74) is 2.31. The molecule has 2 heterocycles. The Morgan fingerprint density at radius 3 is 2.73 bits per heavy atom. The average Bonchev–Trinajstić information content (AvgIpc) is 3.09. The van der Waals surface area contributed by atoms with E-state index in [-0.39, 0.29) is 4.88 Å². The highest BCUT2D eigenvalue weighted by Gasteiger charge is 2.17. The third kappa shape index (κ3) is 2.39. The van der Waals surface area contributed by atoms with Gasteiger partial charge in [0.05, 0.1) is 20.8 Å². The molecule has 0 saturated carbocycles. The lowest BCUT2D eigenvalue weighted by molar-refractivity contribution is 0.0701. The number of thiazole rings is 1. The highest BCUT2D eigenvalue weighted by atomic mass is 32.1. The van der Waals surface area contributed by atoms with Crippen LogP contribution in [-0.2, 0) is 6.42 Å². The zero-order chi connectivity index (χ0) is 15.9. The van der Waals surface area contributed by atoms with Crippen LogP contribution in [0.4, 0.5) is 0 Å². The summed E-state index contributed by atoms with van der Waals surface area (Å²) in [6.07, 6.45) is 0.870. The first-order valence-electron chi connectivity index (χ1n) is 6.71. The molecule has 0 spiro atoms. The first-order chi connectivity index (χ1) is 10.5. The van der Waals surface area contributed by atoms with Crippen molar-refractivity contribution < 1.29 is 9.90 Å². The van der Waals surface area contributed by atoms with Crippen molar-refractivity contribution in [1.82, 2.24) is 4.98 Å². The fraction of sp³-hybridized carbons (Fsp3) is 0.188. The lowest BCUT2D eigenvalue weighted by Gasteiger charge is -1.98. The SMILES string of the molecule is CCc1cc(C#N)c2sc(-c3nc(C)c(C(=O)O)s3)cc2c1. The zero-order valence-corrected chi connectivity index (χ0v) is 13.6. The molecule has 0 aliphatic heterocycles. The first-order valence-corrected chi connectivity index (χ1v) is 8.34. The number of carboxylic acids is 1. The minimum absolute atomic E-state index is 0.266. The van der Waals surface area contributed by atoms with Crippen LogP contribution in [0.15, 0.2) is 18.2 Å². The molecular formula is C16H12N2O2S2. The van der Waals surface area contributed by atoms with Crippen molar-refractivity contribution in [2.75, 3.05) is 0 Å². The molecule has 0 unspecified atom stereocenters. The summed E-state index contributed by atoms with van der Waals surface area (Å²) in [6.45, 7) is 3.76. The fourth-order valence-electron chi connectivity index (χ4n) is 2.31. The van der Waals surface area contributed by atoms with Crippen molar-refractivity contribution >= 4 is 38.7 Å². The first kappa shape index (κ1) is 14.7. The van der Waals surface area contributed by atoms with Crippen LogP contribution in [0.2, 0.25) is 0 Å². The van der Waals surface area contributed by atoms with E-state index in [1.807, 2.05) is 12.1 Å². The van der Waals surface area contributed by atoms with E-state index in [9.17, 15) is 10.1 Å². The van der Waals surface area contributed by atoms with Crippen molar-refractivity contribution in [2.24, 2.45) is 0 Å². The number of nitrogens with zero attached hydrogens (tertiary/aromatic N) is 2. The van der Waals surface area contributed by atoms with Crippen LogP contribution in [0.3, 0.4) is 0 Å². The van der Waals surface area contributed by atoms with E-state index in [1.54, 1.807) is 6.92 Å². The van der Waals surface area contributed by atoms with Gasteiger partial charge in [-0.25, -0.2) is 9.78 Å². The van der Waals surface area contributed by atoms with Crippen LogP contribution in [-0.4, -0.2) is 16.1 Å². The Labute approximate surface area is 135 Å². The molecule has 4 nitrogen and oxygen atoms in total. The van der Waals surface area contributed by atoms with Crippen molar-refractivity contribution in [3.05, 3.63) is 39.9 Å². The molecule has 2 aromatic heterocycles. The second kappa shape index (κ2) is 5.52. The number of nitriles is 1. The Morgan fingerprint density at radius 2 is 2.14 bits per heavy atom. The summed E-state index contributed by atoms with van der Waals surface area (Å²) >= 11 is 2.66. The van der Waals surface area contributed by atoms with Gasteiger partial charge < -0.3 is 5.11 Å². The van der Waals surface area contributed by atoms with Gasteiger partial charge >= 0.3 is 5.97 Å². The molecule has 3 rings (SSSR count). The Hall–Kier alpha value is -2.23. The number of carbonyl (C=O) groups is 1. The van der Waals surface area contributed by atoms with Gasteiger partial charge in [0.25, 0.3) is 0 Å². The summed E-state index contributed by atoms with van der Waals surface area (Å²) < 4.78 is 0.930. The topological polar surface area (TPSA) is 74.0 Å². The van der Waals surface area contributed by atoms with Gasteiger partial charge in [0, 0.05) is 0 Å². The van der Waals surface area contributed by atoms with E-state index >= 15 is 0 Å². The number of benzene rings is 1. The zero-order valence-electron chi connectivity index (χ0n) is 12.0. The lowest BCUT2D eigenvalue weighted by Crippen LogP contribution is -1.94. The maximum Gasteiger partial charge on any atom is 0.347 e. The standard InChI is InChI=1S/C16H12N2O2S2/c1-3-9-4-10-6-12(21-14(10)11(5-9)7-17)15-18-8(2)13(22-15)16(19)20/h4-6H,3H2,1-2H3,(H,19,20). The third-order valence-electron chi connectivity index (χ3n) is 3.41. The Kier molecular flexibility index (Phi) is 3.69. The molecule has 1 aromatic carbocycles. The molecule has 22 heavy (non-hydrogen) atoms. The maximum absolute atomic E-state index is 11.2. The highest BCUT2D eigenvalue weighted by molar-refractivity contribution is 7.26.